The molecule has 0 aromatic carbocycles. The monoisotopic (exact) mass is 269 g/mol. The van der Waals surface area contributed by atoms with Crippen LogP contribution < -0.4 is 0 Å². The fourth-order valence-corrected chi connectivity index (χ4v) is 3.15. The summed E-state index contributed by atoms with van der Waals surface area (Å²) in [6.07, 6.45) is 4.40. The molecule has 4 unspecified atom stereocenters. The molecule has 2 fully saturated rings. The van der Waals surface area contributed by atoms with Gasteiger partial charge in [0.2, 0.25) is 5.91 Å². The van der Waals surface area contributed by atoms with Crippen LogP contribution in [0.5, 0.6) is 0 Å². The van der Waals surface area contributed by atoms with Gasteiger partial charge in [-0.3, -0.25) is 9.59 Å². The fourth-order valence-electron chi connectivity index (χ4n) is 3.15. The molecular weight excluding hydrogens is 246 g/mol. The molecule has 2 saturated heterocycles. The van der Waals surface area contributed by atoms with Crippen molar-refractivity contribution in [3.63, 3.8) is 0 Å². The van der Waals surface area contributed by atoms with Gasteiger partial charge in [0.25, 0.3) is 0 Å². The van der Waals surface area contributed by atoms with Crippen molar-refractivity contribution in [1.29, 1.82) is 0 Å². The van der Waals surface area contributed by atoms with Gasteiger partial charge >= 0.3 is 5.97 Å². The Morgan fingerprint density at radius 2 is 2.00 bits per heavy atom. The first-order chi connectivity index (χ1) is 8.99. The highest BCUT2D eigenvalue weighted by Gasteiger charge is 2.38. The summed E-state index contributed by atoms with van der Waals surface area (Å²) >= 11 is 0. The van der Waals surface area contributed by atoms with Gasteiger partial charge in [0.15, 0.2) is 0 Å². The molecule has 0 radical (unpaired) electrons. The highest BCUT2D eigenvalue weighted by molar-refractivity contribution is 5.79. The maximum Gasteiger partial charge on any atom is 0.308 e. The van der Waals surface area contributed by atoms with E-state index in [0.29, 0.717) is 25.5 Å². The molecule has 0 aromatic rings. The minimum Gasteiger partial charge on any atom is -0.481 e. The van der Waals surface area contributed by atoms with E-state index in [4.69, 9.17) is 9.84 Å². The van der Waals surface area contributed by atoms with Gasteiger partial charge in [0, 0.05) is 19.0 Å². The van der Waals surface area contributed by atoms with Crippen LogP contribution in [0.4, 0.5) is 0 Å². The number of rotatable bonds is 4. The average Bonchev–Trinajstić information content (AvgIpc) is 2.92. The van der Waals surface area contributed by atoms with Gasteiger partial charge in [-0.2, -0.15) is 0 Å². The van der Waals surface area contributed by atoms with Crippen LogP contribution in [-0.2, 0) is 14.3 Å². The van der Waals surface area contributed by atoms with Crippen LogP contribution in [0, 0.1) is 5.92 Å². The molecule has 2 aliphatic rings. The second-order valence-corrected chi connectivity index (χ2v) is 5.75. The molecule has 19 heavy (non-hydrogen) atoms. The number of amides is 1. The molecule has 5 nitrogen and oxygen atoms in total. The highest BCUT2D eigenvalue weighted by Crippen LogP contribution is 2.27. The van der Waals surface area contributed by atoms with E-state index in [9.17, 15) is 9.59 Å². The van der Waals surface area contributed by atoms with Crippen LogP contribution in [0.15, 0.2) is 0 Å². The smallest absolute Gasteiger partial charge is 0.308 e. The Balaban J connectivity index is 1.79. The number of carboxylic acid groups (broad SMARTS) is 1. The third-order valence-corrected chi connectivity index (χ3v) is 4.39. The van der Waals surface area contributed by atoms with Gasteiger partial charge < -0.3 is 14.7 Å². The van der Waals surface area contributed by atoms with E-state index >= 15 is 0 Å². The van der Waals surface area contributed by atoms with E-state index in [1.54, 1.807) is 4.90 Å². The van der Waals surface area contributed by atoms with Gasteiger partial charge in [-0.25, -0.2) is 0 Å². The fraction of sp³-hybridized carbons (Fsp3) is 0.857. The SMILES string of the molecule is CC1CCC(CCC(=O)N2CCC(C(=O)O)C2C)O1. The normalized spacial score (nSPS) is 34.7. The Bertz CT molecular complexity index is 357. The molecule has 5 heteroatoms. The van der Waals surface area contributed by atoms with Crippen molar-refractivity contribution in [2.45, 2.75) is 64.2 Å². The second kappa shape index (κ2) is 5.90. The van der Waals surface area contributed by atoms with Crippen LogP contribution in [0.1, 0.15) is 46.0 Å². The quantitative estimate of drug-likeness (QED) is 0.842. The van der Waals surface area contributed by atoms with Crippen molar-refractivity contribution in [2.24, 2.45) is 5.92 Å². The minimum atomic E-state index is -0.796. The lowest BCUT2D eigenvalue weighted by atomic mass is 10.0. The number of carboxylic acids is 1. The molecule has 1 amide bonds. The molecule has 1 N–H and O–H groups in total. The molecular formula is C14H23NO4. The van der Waals surface area contributed by atoms with Gasteiger partial charge in [-0.05, 0) is 39.5 Å². The largest absolute Gasteiger partial charge is 0.481 e. The summed E-state index contributed by atoms with van der Waals surface area (Å²) in [5.74, 6) is -1.14. The molecule has 0 spiro atoms. The number of carbonyl (C=O) groups is 2. The Morgan fingerprint density at radius 3 is 2.53 bits per heavy atom. The van der Waals surface area contributed by atoms with E-state index in [1.807, 2.05) is 6.92 Å². The Hall–Kier alpha value is -1.10. The van der Waals surface area contributed by atoms with Crippen molar-refractivity contribution < 1.29 is 19.4 Å². The van der Waals surface area contributed by atoms with Gasteiger partial charge in [0.05, 0.1) is 18.1 Å². The van der Waals surface area contributed by atoms with E-state index in [0.717, 1.165) is 19.3 Å². The lowest BCUT2D eigenvalue weighted by Crippen LogP contribution is -2.37. The number of ether oxygens (including phenoxy) is 1. The maximum absolute atomic E-state index is 12.1. The number of aliphatic carboxylic acids is 1. The Labute approximate surface area is 113 Å². The Morgan fingerprint density at radius 1 is 1.26 bits per heavy atom. The lowest BCUT2D eigenvalue weighted by Gasteiger charge is -2.24. The first kappa shape index (κ1) is 14.3. The van der Waals surface area contributed by atoms with Crippen LogP contribution >= 0.6 is 0 Å². The topological polar surface area (TPSA) is 66.8 Å². The van der Waals surface area contributed by atoms with Crippen molar-refractivity contribution in [3.05, 3.63) is 0 Å². The minimum absolute atomic E-state index is 0.0689. The number of carbonyl (C=O) groups excluding carboxylic acids is 1. The van der Waals surface area contributed by atoms with Crippen LogP contribution in [0.25, 0.3) is 0 Å². The van der Waals surface area contributed by atoms with Crippen LogP contribution in [-0.4, -0.2) is 46.7 Å². The summed E-state index contributed by atoms with van der Waals surface area (Å²) in [7, 11) is 0. The predicted octanol–water partition coefficient (Wildman–Crippen LogP) is 1.66. The van der Waals surface area contributed by atoms with E-state index < -0.39 is 11.9 Å². The highest BCUT2D eigenvalue weighted by atomic mass is 16.5. The van der Waals surface area contributed by atoms with Gasteiger partial charge in [-0.1, -0.05) is 0 Å². The molecule has 0 aliphatic carbocycles. The third kappa shape index (κ3) is 3.26. The molecule has 2 heterocycles. The van der Waals surface area contributed by atoms with Crippen LogP contribution in [0.3, 0.4) is 0 Å². The lowest BCUT2D eigenvalue weighted by molar-refractivity contribution is -0.143. The number of hydrogen-bond acceptors (Lipinski definition) is 3. The van der Waals surface area contributed by atoms with Gasteiger partial charge in [0.1, 0.15) is 0 Å². The number of nitrogens with zero attached hydrogens (tertiary/aromatic N) is 1. The first-order valence-electron chi connectivity index (χ1n) is 7.16. The number of likely N-dealkylation sites (tertiary alicyclic amines) is 1. The zero-order chi connectivity index (χ0) is 14.0. The molecule has 2 rings (SSSR count). The zero-order valence-corrected chi connectivity index (χ0v) is 11.7. The molecule has 108 valence electrons. The summed E-state index contributed by atoms with van der Waals surface area (Å²) in [4.78, 5) is 24.9. The molecule has 0 aromatic heterocycles. The molecule has 0 saturated carbocycles. The summed E-state index contributed by atoms with van der Waals surface area (Å²) in [6, 6.07) is -0.187. The van der Waals surface area contributed by atoms with Crippen molar-refractivity contribution >= 4 is 11.9 Å². The van der Waals surface area contributed by atoms with E-state index in [1.165, 1.54) is 0 Å². The molecule has 2 aliphatic heterocycles. The molecule has 4 atom stereocenters. The van der Waals surface area contributed by atoms with E-state index in [2.05, 4.69) is 6.92 Å². The summed E-state index contributed by atoms with van der Waals surface area (Å²) in [6.45, 7) is 4.46. The Kier molecular flexibility index (Phi) is 4.45. The van der Waals surface area contributed by atoms with Crippen molar-refractivity contribution in [2.75, 3.05) is 6.54 Å². The number of hydrogen-bond donors (Lipinski definition) is 1. The van der Waals surface area contributed by atoms with Crippen LogP contribution in [0.2, 0.25) is 0 Å². The van der Waals surface area contributed by atoms with Crippen molar-refractivity contribution in [1.82, 2.24) is 4.90 Å². The summed E-state index contributed by atoms with van der Waals surface area (Å²) in [5, 5.41) is 9.06. The second-order valence-electron chi connectivity index (χ2n) is 5.75. The predicted molar refractivity (Wildman–Crippen MR) is 69.7 cm³/mol. The molecule has 0 bridgehead atoms. The standard InChI is InChI=1S/C14H23NO4/c1-9-3-4-11(19-9)5-6-13(16)15-8-7-12(10(15)2)14(17)18/h9-12H,3-8H2,1-2H3,(H,17,18). The zero-order valence-electron chi connectivity index (χ0n) is 11.7. The third-order valence-electron chi connectivity index (χ3n) is 4.39. The maximum atomic E-state index is 12.1. The van der Waals surface area contributed by atoms with Gasteiger partial charge in [-0.15, -0.1) is 0 Å². The first-order valence-corrected chi connectivity index (χ1v) is 7.16. The summed E-state index contributed by atoms with van der Waals surface area (Å²) in [5.41, 5.74) is 0. The summed E-state index contributed by atoms with van der Waals surface area (Å²) < 4.78 is 5.70. The van der Waals surface area contributed by atoms with E-state index in [-0.39, 0.29) is 18.1 Å². The van der Waals surface area contributed by atoms with Crippen molar-refractivity contribution in [3.8, 4) is 0 Å². The average molecular weight is 269 g/mol.